The van der Waals surface area contributed by atoms with Gasteiger partial charge in [0.2, 0.25) is 11.7 Å². The highest BCUT2D eigenvalue weighted by Gasteiger charge is 2.15. The van der Waals surface area contributed by atoms with Crippen LogP contribution in [0.1, 0.15) is 5.89 Å². The fourth-order valence-corrected chi connectivity index (χ4v) is 3.93. The standard InChI is InChI=1S/C20H19ClN4O3S/c1-26-10-9-25-17-8-5-14(21)11-16(17)22-20(25)29-12-18-23-19(24-28-18)13-3-6-15(27-2)7-4-13/h3-8,11H,9-10,12H2,1-2H3. The Kier molecular flexibility index (Phi) is 6.03. The molecule has 0 saturated heterocycles. The third-order valence-electron chi connectivity index (χ3n) is 4.34. The summed E-state index contributed by atoms with van der Waals surface area (Å²) >= 11 is 7.65. The summed E-state index contributed by atoms with van der Waals surface area (Å²) in [5.74, 6) is 2.36. The van der Waals surface area contributed by atoms with Crippen LogP contribution in [0.4, 0.5) is 0 Å². The zero-order valence-electron chi connectivity index (χ0n) is 16.0. The normalized spacial score (nSPS) is 11.3. The molecule has 29 heavy (non-hydrogen) atoms. The Hall–Kier alpha value is -2.55. The second-order valence-corrected chi connectivity index (χ2v) is 7.58. The summed E-state index contributed by atoms with van der Waals surface area (Å²) in [6.07, 6.45) is 0. The molecule has 0 aliphatic heterocycles. The fourth-order valence-electron chi connectivity index (χ4n) is 2.89. The molecule has 0 aliphatic rings. The average molecular weight is 431 g/mol. The van der Waals surface area contributed by atoms with Crippen LogP contribution in [0.5, 0.6) is 5.75 Å². The molecule has 2 heterocycles. The molecule has 0 N–H and O–H groups in total. The highest BCUT2D eigenvalue weighted by Crippen LogP contribution is 2.29. The molecule has 0 unspecified atom stereocenters. The van der Waals surface area contributed by atoms with Crippen LogP contribution >= 0.6 is 23.4 Å². The smallest absolute Gasteiger partial charge is 0.237 e. The maximum absolute atomic E-state index is 6.12. The zero-order chi connectivity index (χ0) is 20.2. The first-order chi connectivity index (χ1) is 14.2. The van der Waals surface area contributed by atoms with E-state index < -0.39 is 0 Å². The van der Waals surface area contributed by atoms with Gasteiger partial charge in [-0.05, 0) is 42.5 Å². The number of aromatic nitrogens is 4. The number of imidazole rings is 1. The Morgan fingerprint density at radius 1 is 1.10 bits per heavy atom. The van der Waals surface area contributed by atoms with Crippen LogP contribution in [-0.2, 0) is 17.0 Å². The second-order valence-electron chi connectivity index (χ2n) is 6.20. The Bertz CT molecular complexity index is 1110. The van der Waals surface area contributed by atoms with E-state index in [0.29, 0.717) is 35.6 Å². The molecule has 0 fully saturated rings. The van der Waals surface area contributed by atoms with Crippen LogP contribution in [-0.4, -0.2) is 40.5 Å². The van der Waals surface area contributed by atoms with Gasteiger partial charge in [0, 0.05) is 24.2 Å². The minimum absolute atomic E-state index is 0.507. The predicted octanol–water partition coefficient (Wildman–Crippen LogP) is 4.69. The number of hydrogen-bond donors (Lipinski definition) is 0. The van der Waals surface area contributed by atoms with E-state index >= 15 is 0 Å². The van der Waals surface area contributed by atoms with Gasteiger partial charge in [-0.15, -0.1) is 0 Å². The Morgan fingerprint density at radius 2 is 1.93 bits per heavy atom. The summed E-state index contributed by atoms with van der Waals surface area (Å²) in [4.78, 5) is 9.20. The summed E-state index contributed by atoms with van der Waals surface area (Å²) in [6, 6.07) is 13.2. The molecule has 0 aliphatic carbocycles. The van der Waals surface area contributed by atoms with Crippen LogP contribution < -0.4 is 4.74 Å². The van der Waals surface area contributed by atoms with Crippen LogP contribution in [0, 0.1) is 0 Å². The molecular formula is C20H19ClN4O3S. The topological polar surface area (TPSA) is 75.2 Å². The summed E-state index contributed by atoms with van der Waals surface area (Å²) < 4.78 is 17.9. The van der Waals surface area contributed by atoms with E-state index in [-0.39, 0.29) is 0 Å². The van der Waals surface area contributed by atoms with E-state index in [0.717, 1.165) is 27.5 Å². The van der Waals surface area contributed by atoms with Gasteiger partial charge in [0.1, 0.15) is 5.75 Å². The van der Waals surface area contributed by atoms with Crippen LogP contribution in [0.2, 0.25) is 5.02 Å². The van der Waals surface area contributed by atoms with Gasteiger partial charge in [-0.2, -0.15) is 4.98 Å². The van der Waals surface area contributed by atoms with Crippen molar-refractivity contribution in [3.05, 3.63) is 53.4 Å². The van der Waals surface area contributed by atoms with E-state index in [2.05, 4.69) is 14.7 Å². The number of fused-ring (bicyclic) bond motifs is 1. The Labute approximate surface area is 177 Å². The van der Waals surface area contributed by atoms with Crippen molar-refractivity contribution < 1.29 is 14.0 Å². The first-order valence-electron chi connectivity index (χ1n) is 8.92. The summed E-state index contributed by atoms with van der Waals surface area (Å²) in [5.41, 5.74) is 2.73. The zero-order valence-corrected chi connectivity index (χ0v) is 17.5. The van der Waals surface area contributed by atoms with Gasteiger partial charge in [-0.25, -0.2) is 4.98 Å². The number of ether oxygens (including phenoxy) is 2. The third-order valence-corrected chi connectivity index (χ3v) is 5.53. The third kappa shape index (κ3) is 4.39. The first kappa shape index (κ1) is 19.8. The fraction of sp³-hybridized carbons (Fsp3) is 0.250. The minimum atomic E-state index is 0.507. The van der Waals surface area contributed by atoms with E-state index in [1.165, 1.54) is 11.8 Å². The van der Waals surface area contributed by atoms with Gasteiger partial charge in [0.05, 0.1) is 30.5 Å². The number of rotatable bonds is 8. The van der Waals surface area contributed by atoms with E-state index in [9.17, 15) is 0 Å². The highest BCUT2D eigenvalue weighted by atomic mass is 35.5. The van der Waals surface area contributed by atoms with Crippen molar-refractivity contribution in [2.24, 2.45) is 0 Å². The molecule has 0 radical (unpaired) electrons. The van der Waals surface area contributed by atoms with Crippen molar-refractivity contribution in [3.63, 3.8) is 0 Å². The lowest BCUT2D eigenvalue weighted by atomic mass is 10.2. The molecular weight excluding hydrogens is 412 g/mol. The van der Waals surface area contributed by atoms with Crippen molar-refractivity contribution in [3.8, 4) is 17.1 Å². The van der Waals surface area contributed by atoms with Gasteiger partial charge in [-0.3, -0.25) is 0 Å². The summed E-state index contributed by atoms with van der Waals surface area (Å²) in [7, 11) is 3.31. The van der Waals surface area contributed by atoms with Crippen LogP contribution in [0.15, 0.2) is 52.1 Å². The minimum Gasteiger partial charge on any atom is -0.497 e. The largest absolute Gasteiger partial charge is 0.497 e. The maximum Gasteiger partial charge on any atom is 0.237 e. The predicted molar refractivity (Wildman–Crippen MR) is 112 cm³/mol. The van der Waals surface area contributed by atoms with E-state index in [1.807, 2.05) is 42.5 Å². The monoisotopic (exact) mass is 430 g/mol. The quantitative estimate of drug-likeness (QED) is 0.375. The first-order valence-corrected chi connectivity index (χ1v) is 10.3. The molecule has 7 nitrogen and oxygen atoms in total. The van der Waals surface area contributed by atoms with Crippen LogP contribution in [0.25, 0.3) is 22.4 Å². The van der Waals surface area contributed by atoms with Gasteiger partial charge < -0.3 is 18.6 Å². The maximum atomic E-state index is 6.12. The average Bonchev–Trinajstić information content (AvgIpc) is 3.35. The molecule has 4 aromatic rings. The number of nitrogens with zero attached hydrogens (tertiary/aromatic N) is 4. The lowest BCUT2D eigenvalue weighted by Gasteiger charge is -2.07. The van der Waals surface area contributed by atoms with Gasteiger partial charge in [-0.1, -0.05) is 28.5 Å². The molecule has 0 amide bonds. The number of benzene rings is 2. The van der Waals surface area contributed by atoms with E-state index in [1.54, 1.807) is 14.2 Å². The van der Waals surface area contributed by atoms with Crippen LogP contribution in [0.3, 0.4) is 0 Å². The lowest BCUT2D eigenvalue weighted by molar-refractivity contribution is 0.186. The van der Waals surface area contributed by atoms with Crippen molar-refractivity contribution in [2.45, 2.75) is 17.5 Å². The second kappa shape index (κ2) is 8.86. The number of methoxy groups -OCH3 is 2. The molecule has 2 aromatic heterocycles. The highest BCUT2D eigenvalue weighted by molar-refractivity contribution is 7.98. The molecule has 4 rings (SSSR count). The van der Waals surface area contributed by atoms with E-state index in [4.69, 9.17) is 30.6 Å². The van der Waals surface area contributed by atoms with Crippen molar-refractivity contribution >= 4 is 34.4 Å². The molecule has 0 atom stereocenters. The van der Waals surface area contributed by atoms with Crippen molar-refractivity contribution in [1.29, 1.82) is 0 Å². The molecule has 0 saturated carbocycles. The number of hydrogen-bond acceptors (Lipinski definition) is 7. The molecule has 9 heteroatoms. The van der Waals surface area contributed by atoms with Gasteiger partial charge >= 0.3 is 0 Å². The molecule has 0 bridgehead atoms. The Morgan fingerprint density at radius 3 is 2.69 bits per heavy atom. The molecule has 2 aromatic carbocycles. The molecule has 0 spiro atoms. The SMILES string of the molecule is COCCn1c(SCc2nc(-c3ccc(OC)cc3)no2)nc2cc(Cl)ccc21. The summed E-state index contributed by atoms with van der Waals surface area (Å²) in [5, 5.41) is 5.58. The summed E-state index contributed by atoms with van der Waals surface area (Å²) in [6.45, 7) is 1.28. The van der Waals surface area contributed by atoms with Crippen molar-refractivity contribution in [2.75, 3.05) is 20.8 Å². The van der Waals surface area contributed by atoms with Gasteiger partial charge in [0.25, 0.3) is 0 Å². The van der Waals surface area contributed by atoms with Gasteiger partial charge in [0.15, 0.2) is 5.16 Å². The Balaban J connectivity index is 1.52. The van der Waals surface area contributed by atoms with Crippen molar-refractivity contribution in [1.82, 2.24) is 19.7 Å². The number of halogens is 1. The molecule has 150 valence electrons. The lowest BCUT2D eigenvalue weighted by Crippen LogP contribution is -2.05. The number of thioether (sulfide) groups is 1.